The van der Waals surface area contributed by atoms with Crippen LogP contribution >= 0.6 is 0 Å². The van der Waals surface area contributed by atoms with Crippen LogP contribution in [0.1, 0.15) is 12.8 Å². The Kier molecular flexibility index (Phi) is 3.53. The number of hydrogen-bond acceptors (Lipinski definition) is 5. The average molecular weight is 288 g/mol. The van der Waals surface area contributed by atoms with Crippen LogP contribution in [0.2, 0.25) is 0 Å². The lowest BCUT2D eigenvalue weighted by Crippen LogP contribution is -2.27. The number of fused-ring (bicyclic) bond motifs is 2. The van der Waals surface area contributed by atoms with Gasteiger partial charge >= 0.3 is 0 Å². The van der Waals surface area contributed by atoms with Gasteiger partial charge in [-0.2, -0.15) is 4.98 Å². The van der Waals surface area contributed by atoms with Crippen LogP contribution in [0, 0.1) is 17.8 Å². The molecule has 2 bridgehead atoms. The number of ether oxygens (including phenoxy) is 1. The first-order valence-electron chi connectivity index (χ1n) is 7.15. The monoisotopic (exact) mass is 288 g/mol. The maximum absolute atomic E-state index is 12.6. The predicted molar refractivity (Wildman–Crippen MR) is 80.4 cm³/mol. The maximum Gasteiger partial charge on any atom is 0.242 e. The lowest BCUT2D eigenvalue weighted by molar-refractivity contribution is -0.120. The van der Waals surface area contributed by atoms with Crippen molar-refractivity contribution in [3.05, 3.63) is 18.5 Å². The van der Waals surface area contributed by atoms with Gasteiger partial charge in [0, 0.05) is 20.0 Å². The molecule has 1 saturated carbocycles. The van der Waals surface area contributed by atoms with E-state index in [1.54, 1.807) is 0 Å². The number of amides is 1. The number of methoxy groups -OCH3 is 1. The fraction of sp³-hybridized carbons (Fsp3) is 0.533. The fourth-order valence-corrected chi connectivity index (χ4v) is 3.26. The highest BCUT2D eigenvalue weighted by molar-refractivity contribution is 5.97. The Balaban J connectivity index is 1.84. The second-order valence-electron chi connectivity index (χ2n) is 5.85. The summed E-state index contributed by atoms with van der Waals surface area (Å²) in [6.07, 6.45) is 7.86. The number of anilines is 2. The van der Waals surface area contributed by atoms with Crippen LogP contribution in [0.5, 0.6) is 5.88 Å². The summed E-state index contributed by atoms with van der Waals surface area (Å²) in [4.78, 5) is 22.7. The van der Waals surface area contributed by atoms with E-state index >= 15 is 0 Å². The van der Waals surface area contributed by atoms with Crippen LogP contribution in [0.25, 0.3) is 0 Å². The quantitative estimate of drug-likeness (QED) is 0.854. The van der Waals surface area contributed by atoms with Crippen LogP contribution in [-0.2, 0) is 4.79 Å². The van der Waals surface area contributed by atoms with Crippen LogP contribution in [-0.4, -0.2) is 37.1 Å². The minimum Gasteiger partial charge on any atom is -0.479 e. The van der Waals surface area contributed by atoms with Crippen molar-refractivity contribution in [3.8, 4) is 5.88 Å². The zero-order valence-electron chi connectivity index (χ0n) is 12.5. The van der Waals surface area contributed by atoms with E-state index in [2.05, 4.69) is 27.4 Å². The summed E-state index contributed by atoms with van der Waals surface area (Å²) in [5.41, 5.74) is 0.543. The Morgan fingerprint density at radius 2 is 2.14 bits per heavy atom. The lowest BCUT2D eigenvalue weighted by Gasteiger charge is -2.21. The first-order valence-corrected chi connectivity index (χ1v) is 7.15. The minimum absolute atomic E-state index is 0.0306. The van der Waals surface area contributed by atoms with Gasteiger partial charge in [0.15, 0.2) is 5.82 Å². The second-order valence-corrected chi connectivity index (χ2v) is 5.85. The number of nitrogens with zero attached hydrogens (tertiary/aromatic N) is 3. The number of allylic oxidation sites excluding steroid dienone is 2. The summed E-state index contributed by atoms with van der Waals surface area (Å²) >= 11 is 0. The normalized spacial score (nSPS) is 26.0. The van der Waals surface area contributed by atoms with Crippen molar-refractivity contribution in [3.63, 3.8) is 0 Å². The number of nitrogens with one attached hydrogen (secondary N) is 1. The van der Waals surface area contributed by atoms with Crippen LogP contribution in [0.15, 0.2) is 18.5 Å². The smallest absolute Gasteiger partial charge is 0.242 e. The Bertz CT molecular complexity index is 585. The number of carbonyl (C=O) groups is 1. The highest BCUT2D eigenvalue weighted by atomic mass is 16.5. The molecule has 21 heavy (non-hydrogen) atoms. The first-order chi connectivity index (χ1) is 10.1. The molecule has 2 aliphatic rings. The summed E-state index contributed by atoms with van der Waals surface area (Å²) < 4.78 is 5.26. The van der Waals surface area contributed by atoms with Gasteiger partial charge in [-0.15, -0.1) is 0 Å². The molecule has 6 nitrogen and oxygen atoms in total. The van der Waals surface area contributed by atoms with Crippen LogP contribution in [0.4, 0.5) is 11.5 Å². The largest absolute Gasteiger partial charge is 0.479 e. The van der Waals surface area contributed by atoms with Gasteiger partial charge in [-0.1, -0.05) is 12.2 Å². The lowest BCUT2D eigenvalue weighted by atomic mass is 9.93. The van der Waals surface area contributed by atoms with E-state index in [0.29, 0.717) is 29.2 Å². The molecule has 112 valence electrons. The molecule has 3 atom stereocenters. The third-order valence-corrected chi connectivity index (χ3v) is 4.27. The van der Waals surface area contributed by atoms with Gasteiger partial charge in [-0.3, -0.25) is 4.79 Å². The molecule has 3 unspecified atom stereocenters. The third-order valence-electron chi connectivity index (χ3n) is 4.27. The molecule has 0 saturated heterocycles. The molecule has 0 spiro atoms. The summed E-state index contributed by atoms with van der Waals surface area (Å²) in [6, 6.07) is 0. The summed E-state index contributed by atoms with van der Waals surface area (Å²) in [5.74, 6) is 2.04. The second kappa shape index (κ2) is 5.35. The van der Waals surface area contributed by atoms with Crippen molar-refractivity contribution in [2.24, 2.45) is 17.8 Å². The van der Waals surface area contributed by atoms with Crippen molar-refractivity contribution in [2.45, 2.75) is 12.8 Å². The van der Waals surface area contributed by atoms with E-state index in [-0.39, 0.29) is 11.8 Å². The topological polar surface area (TPSA) is 67.4 Å². The molecule has 0 aliphatic heterocycles. The van der Waals surface area contributed by atoms with E-state index in [9.17, 15) is 4.79 Å². The van der Waals surface area contributed by atoms with Gasteiger partial charge < -0.3 is 15.0 Å². The Hall–Kier alpha value is -2.11. The van der Waals surface area contributed by atoms with Crippen LogP contribution < -0.4 is 15.0 Å². The highest BCUT2D eigenvalue weighted by Crippen LogP contribution is 2.44. The third kappa shape index (κ3) is 2.46. The molecular formula is C15H20N4O2. The number of aromatic nitrogens is 2. The number of carbonyl (C=O) groups excluding carboxylic acids is 1. The molecule has 1 fully saturated rings. The van der Waals surface area contributed by atoms with E-state index in [4.69, 9.17) is 4.74 Å². The summed E-state index contributed by atoms with van der Waals surface area (Å²) in [5, 5.41) is 2.97. The van der Waals surface area contributed by atoms with Crippen molar-refractivity contribution in [2.75, 3.05) is 31.4 Å². The number of hydrogen-bond donors (Lipinski definition) is 1. The molecule has 1 aromatic rings. The first kappa shape index (κ1) is 13.9. The van der Waals surface area contributed by atoms with E-state index in [0.717, 1.165) is 12.8 Å². The number of rotatable bonds is 4. The van der Waals surface area contributed by atoms with Crippen molar-refractivity contribution < 1.29 is 9.53 Å². The van der Waals surface area contributed by atoms with Crippen LogP contribution in [0.3, 0.4) is 0 Å². The van der Waals surface area contributed by atoms with Crippen molar-refractivity contribution in [1.29, 1.82) is 0 Å². The molecule has 6 heteroatoms. The summed E-state index contributed by atoms with van der Waals surface area (Å²) in [6.45, 7) is 0. The fourth-order valence-electron chi connectivity index (χ4n) is 3.26. The molecule has 3 rings (SSSR count). The van der Waals surface area contributed by atoms with E-state index < -0.39 is 0 Å². The molecule has 2 aliphatic carbocycles. The van der Waals surface area contributed by atoms with Gasteiger partial charge in [0.25, 0.3) is 0 Å². The zero-order valence-corrected chi connectivity index (χ0v) is 12.5. The molecule has 1 heterocycles. The standard InChI is InChI=1S/C15H20N4O2/c1-19(2)13-12(15(21-3)17-8-16-13)18-14(20)11-7-9-4-5-10(11)6-9/h4-5,8-11H,6-7H2,1-3H3,(H,18,20). The molecular weight excluding hydrogens is 268 g/mol. The predicted octanol–water partition coefficient (Wildman–Crippen LogP) is 1.70. The zero-order chi connectivity index (χ0) is 15.0. The van der Waals surface area contributed by atoms with Crippen molar-refractivity contribution in [1.82, 2.24) is 9.97 Å². The van der Waals surface area contributed by atoms with Gasteiger partial charge in [0.2, 0.25) is 11.8 Å². The minimum atomic E-state index is 0.0306. The van der Waals surface area contributed by atoms with Crippen molar-refractivity contribution >= 4 is 17.4 Å². The van der Waals surface area contributed by atoms with Gasteiger partial charge in [0.05, 0.1) is 7.11 Å². The molecule has 0 aromatic carbocycles. The highest BCUT2D eigenvalue weighted by Gasteiger charge is 2.40. The Morgan fingerprint density at radius 3 is 2.71 bits per heavy atom. The van der Waals surface area contributed by atoms with Gasteiger partial charge in [-0.25, -0.2) is 4.98 Å². The Morgan fingerprint density at radius 1 is 1.33 bits per heavy atom. The van der Waals surface area contributed by atoms with E-state index in [1.807, 2.05) is 19.0 Å². The van der Waals surface area contributed by atoms with Gasteiger partial charge in [0.1, 0.15) is 12.0 Å². The van der Waals surface area contributed by atoms with Gasteiger partial charge in [-0.05, 0) is 24.7 Å². The van der Waals surface area contributed by atoms with E-state index in [1.165, 1.54) is 13.4 Å². The average Bonchev–Trinajstić information content (AvgIpc) is 3.09. The SMILES string of the molecule is COc1ncnc(N(C)C)c1NC(=O)C1CC2C=CC1C2. The molecule has 0 radical (unpaired) electrons. The molecule has 1 aromatic heterocycles. The molecule has 1 N–H and O–H groups in total. The molecule has 1 amide bonds. The Labute approximate surface area is 124 Å². The summed E-state index contributed by atoms with van der Waals surface area (Å²) in [7, 11) is 5.28. The maximum atomic E-state index is 12.6.